The summed E-state index contributed by atoms with van der Waals surface area (Å²) in [6.07, 6.45) is -4.99. The first-order chi connectivity index (χ1) is 8.19. The number of carboxylic acid groups (broad SMARTS) is 1. The van der Waals surface area contributed by atoms with Crippen molar-refractivity contribution in [3.63, 3.8) is 0 Å². The van der Waals surface area contributed by atoms with Gasteiger partial charge in [0.15, 0.2) is 0 Å². The van der Waals surface area contributed by atoms with Gasteiger partial charge in [0.2, 0.25) is 0 Å². The molecule has 1 aromatic carbocycles. The number of ether oxygens (including phenoxy) is 1. The van der Waals surface area contributed by atoms with Gasteiger partial charge in [0, 0.05) is 0 Å². The number of hydrogen-bond donors (Lipinski definition) is 2. The van der Waals surface area contributed by atoms with Crippen molar-refractivity contribution in [3.05, 3.63) is 28.8 Å². The Morgan fingerprint density at radius 3 is 2.61 bits per heavy atom. The standard InChI is InChI=1S/C10H9ClF3NO3/c11-6-2-1-5(3-7(15)9(16)17)4-8(6)18-10(12,13)14/h1-2,4,7H,3,15H2,(H,16,17). The molecule has 0 radical (unpaired) electrons. The molecule has 0 fully saturated rings. The highest BCUT2D eigenvalue weighted by Gasteiger charge is 2.32. The quantitative estimate of drug-likeness (QED) is 0.888. The Morgan fingerprint density at radius 1 is 1.50 bits per heavy atom. The van der Waals surface area contributed by atoms with Crippen LogP contribution in [0.2, 0.25) is 5.02 Å². The number of hydrogen-bond acceptors (Lipinski definition) is 3. The van der Waals surface area contributed by atoms with Gasteiger partial charge in [-0.15, -0.1) is 13.2 Å². The maximum absolute atomic E-state index is 12.0. The highest BCUT2D eigenvalue weighted by atomic mass is 35.5. The fourth-order valence-electron chi connectivity index (χ4n) is 1.22. The number of carboxylic acids is 1. The van der Waals surface area contributed by atoms with Gasteiger partial charge in [-0.2, -0.15) is 0 Å². The van der Waals surface area contributed by atoms with Crippen LogP contribution in [0.3, 0.4) is 0 Å². The van der Waals surface area contributed by atoms with Crippen molar-refractivity contribution in [2.75, 3.05) is 0 Å². The average Bonchev–Trinajstić information content (AvgIpc) is 2.20. The van der Waals surface area contributed by atoms with E-state index in [2.05, 4.69) is 4.74 Å². The van der Waals surface area contributed by atoms with Crippen molar-refractivity contribution in [3.8, 4) is 5.75 Å². The Balaban J connectivity index is 2.90. The van der Waals surface area contributed by atoms with E-state index < -0.39 is 24.1 Å². The Labute approximate surface area is 105 Å². The minimum absolute atomic E-state index is 0.124. The molecule has 0 spiro atoms. The van der Waals surface area contributed by atoms with Crippen LogP contribution in [0.15, 0.2) is 18.2 Å². The lowest BCUT2D eigenvalue weighted by molar-refractivity contribution is -0.274. The summed E-state index contributed by atoms with van der Waals surface area (Å²) in [5.74, 6) is -1.83. The van der Waals surface area contributed by atoms with Crippen LogP contribution >= 0.6 is 11.6 Å². The summed E-state index contributed by atoms with van der Waals surface area (Å²) >= 11 is 5.53. The predicted molar refractivity (Wildman–Crippen MR) is 57.5 cm³/mol. The summed E-state index contributed by atoms with van der Waals surface area (Å²) in [5, 5.41) is 8.37. The molecule has 0 aliphatic heterocycles. The second-order valence-corrected chi connectivity index (χ2v) is 3.87. The van der Waals surface area contributed by atoms with E-state index in [0.717, 1.165) is 6.07 Å². The Morgan fingerprint density at radius 2 is 2.11 bits per heavy atom. The van der Waals surface area contributed by atoms with E-state index >= 15 is 0 Å². The van der Waals surface area contributed by atoms with Crippen LogP contribution < -0.4 is 10.5 Å². The molecule has 0 aliphatic rings. The van der Waals surface area contributed by atoms with Crippen LogP contribution in [-0.4, -0.2) is 23.5 Å². The summed E-state index contributed by atoms with van der Waals surface area (Å²) in [7, 11) is 0. The molecule has 4 nitrogen and oxygen atoms in total. The minimum Gasteiger partial charge on any atom is -0.480 e. The first-order valence-corrected chi connectivity index (χ1v) is 5.09. The van der Waals surface area contributed by atoms with Crippen molar-refractivity contribution in [1.82, 2.24) is 0 Å². The smallest absolute Gasteiger partial charge is 0.480 e. The fraction of sp³-hybridized carbons (Fsp3) is 0.300. The Hall–Kier alpha value is -1.47. The zero-order chi connectivity index (χ0) is 13.9. The number of alkyl halides is 3. The Bertz CT molecular complexity index is 450. The molecule has 0 saturated heterocycles. The molecule has 1 aromatic rings. The van der Waals surface area contributed by atoms with Crippen molar-refractivity contribution in [2.45, 2.75) is 18.8 Å². The number of aliphatic carboxylic acids is 1. The molecule has 0 aliphatic carbocycles. The summed E-state index contributed by atoms with van der Waals surface area (Å²) in [5.41, 5.74) is 5.55. The van der Waals surface area contributed by atoms with Gasteiger partial charge in [-0.3, -0.25) is 4.79 Å². The van der Waals surface area contributed by atoms with Gasteiger partial charge in [0.1, 0.15) is 11.8 Å². The monoisotopic (exact) mass is 283 g/mol. The lowest BCUT2D eigenvalue weighted by Crippen LogP contribution is -2.32. The van der Waals surface area contributed by atoms with Crippen molar-refractivity contribution in [2.24, 2.45) is 5.73 Å². The van der Waals surface area contributed by atoms with E-state index in [1.54, 1.807) is 0 Å². The van der Waals surface area contributed by atoms with Crippen molar-refractivity contribution < 1.29 is 27.8 Å². The SMILES string of the molecule is NC(Cc1ccc(Cl)c(OC(F)(F)F)c1)C(=O)O. The third-order valence-corrected chi connectivity index (χ3v) is 2.31. The van der Waals surface area contributed by atoms with Gasteiger partial charge in [-0.05, 0) is 24.1 Å². The number of nitrogens with two attached hydrogens (primary N) is 1. The molecule has 0 bridgehead atoms. The third kappa shape index (κ3) is 4.42. The third-order valence-electron chi connectivity index (χ3n) is 1.99. The summed E-state index contributed by atoms with van der Waals surface area (Å²) < 4.78 is 39.8. The molecule has 1 atom stereocenters. The molecular weight excluding hydrogens is 275 g/mol. The lowest BCUT2D eigenvalue weighted by atomic mass is 10.1. The molecule has 1 rings (SSSR count). The highest BCUT2D eigenvalue weighted by molar-refractivity contribution is 6.32. The molecule has 0 amide bonds. The zero-order valence-electron chi connectivity index (χ0n) is 8.87. The lowest BCUT2D eigenvalue weighted by Gasteiger charge is -2.12. The van der Waals surface area contributed by atoms with E-state index in [1.807, 2.05) is 0 Å². The largest absolute Gasteiger partial charge is 0.573 e. The number of carbonyl (C=O) groups is 1. The number of benzene rings is 1. The van der Waals surface area contributed by atoms with E-state index in [1.165, 1.54) is 12.1 Å². The van der Waals surface area contributed by atoms with Crippen LogP contribution in [0.25, 0.3) is 0 Å². The molecule has 3 N–H and O–H groups in total. The van der Waals surface area contributed by atoms with E-state index in [9.17, 15) is 18.0 Å². The second kappa shape index (κ2) is 5.45. The maximum atomic E-state index is 12.0. The Kier molecular flexibility index (Phi) is 4.42. The maximum Gasteiger partial charge on any atom is 0.573 e. The topological polar surface area (TPSA) is 72.5 Å². The summed E-state index contributed by atoms with van der Waals surface area (Å²) in [6, 6.07) is 2.38. The molecule has 18 heavy (non-hydrogen) atoms. The van der Waals surface area contributed by atoms with Crippen LogP contribution in [0.5, 0.6) is 5.75 Å². The molecule has 1 unspecified atom stereocenters. The molecule has 0 aromatic heterocycles. The van der Waals surface area contributed by atoms with Crippen LogP contribution in [-0.2, 0) is 11.2 Å². The van der Waals surface area contributed by atoms with E-state index in [-0.39, 0.29) is 17.0 Å². The van der Waals surface area contributed by atoms with Gasteiger partial charge >= 0.3 is 12.3 Å². The molecule has 0 heterocycles. The van der Waals surface area contributed by atoms with Crippen LogP contribution in [0.4, 0.5) is 13.2 Å². The molecule has 8 heteroatoms. The minimum atomic E-state index is -4.86. The average molecular weight is 284 g/mol. The first kappa shape index (κ1) is 14.6. The van der Waals surface area contributed by atoms with Gasteiger partial charge in [0.25, 0.3) is 0 Å². The normalized spacial score (nSPS) is 13.2. The summed E-state index contributed by atoms with van der Waals surface area (Å²) in [4.78, 5) is 10.5. The fourth-order valence-corrected chi connectivity index (χ4v) is 1.38. The second-order valence-electron chi connectivity index (χ2n) is 3.46. The van der Waals surface area contributed by atoms with Crippen molar-refractivity contribution in [1.29, 1.82) is 0 Å². The molecular formula is C10H9ClF3NO3. The molecule has 100 valence electrons. The summed E-state index contributed by atoms with van der Waals surface area (Å²) in [6.45, 7) is 0. The van der Waals surface area contributed by atoms with Gasteiger partial charge < -0.3 is 15.6 Å². The number of rotatable bonds is 4. The van der Waals surface area contributed by atoms with Crippen molar-refractivity contribution >= 4 is 17.6 Å². The highest BCUT2D eigenvalue weighted by Crippen LogP contribution is 2.31. The molecule has 0 saturated carbocycles. The number of halogens is 4. The first-order valence-electron chi connectivity index (χ1n) is 4.71. The predicted octanol–water partition coefficient (Wildman–Crippen LogP) is 2.19. The van der Waals surface area contributed by atoms with Gasteiger partial charge in [0.05, 0.1) is 5.02 Å². The van der Waals surface area contributed by atoms with E-state index in [4.69, 9.17) is 22.4 Å². The van der Waals surface area contributed by atoms with Crippen LogP contribution in [0.1, 0.15) is 5.56 Å². The zero-order valence-corrected chi connectivity index (χ0v) is 9.63. The van der Waals surface area contributed by atoms with Gasteiger partial charge in [-0.1, -0.05) is 17.7 Å². The van der Waals surface area contributed by atoms with Gasteiger partial charge in [-0.25, -0.2) is 0 Å². The van der Waals surface area contributed by atoms with E-state index in [0.29, 0.717) is 0 Å². The van der Waals surface area contributed by atoms with Crippen LogP contribution in [0, 0.1) is 0 Å².